The van der Waals surface area contributed by atoms with Gasteiger partial charge in [-0.05, 0) is 224 Å². The Balaban J connectivity index is -0.000000804. The maximum absolute atomic E-state index is 12.5. The largest absolute Gasteiger partial charge is 2.00 e. The number of phenols is 4. The maximum Gasteiger partial charge on any atom is 2.00 e. The molecule has 7 N–H and O–H groups in total. The molecule has 11 aromatic carbocycles. The predicted octanol–water partition coefficient (Wildman–Crippen LogP) is 15.5. The fourth-order valence-corrected chi connectivity index (χ4v) is 15.8. The van der Waals surface area contributed by atoms with E-state index in [0.29, 0.717) is 51.4 Å². The number of benzene rings is 11. The van der Waals surface area contributed by atoms with E-state index in [1.807, 2.05) is 89.2 Å². The number of aryl methyl sites for hydroxylation is 4. The van der Waals surface area contributed by atoms with Crippen molar-refractivity contribution in [1.82, 2.24) is 0 Å². The molecule has 0 atom stereocenters. The molecule has 0 aliphatic rings. The molecule has 0 amide bonds. The first kappa shape index (κ1) is 142. The molecule has 800 valence electrons. The fourth-order valence-electron chi connectivity index (χ4n) is 12.1. The van der Waals surface area contributed by atoms with Gasteiger partial charge in [0.05, 0.1) is 98.3 Å². The van der Waals surface area contributed by atoms with Crippen molar-refractivity contribution in [2.45, 2.75) is 180 Å². The molecule has 47 heteroatoms. The van der Waals surface area contributed by atoms with Gasteiger partial charge in [0.2, 0.25) is 0 Å². The number of Topliss-reactive ketones (excluding diaryl/α,β-unsaturated/α-hetero) is 1. The van der Waals surface area contributed by atoms with Crippen LogP contribution in [0.1, 0.15) is 193 Å². The number of aromatic hydroxyl groups is 4. The Bertz CT molecular complexity index is 6580. The van der Waals surface area contributed by atoms with E-state index in [9.17, 15) is 94.3 Å². The number of nitro groups is 3. The van der Waals surface area contributed by atoms with Gasteiger partial charge in [-0.2, -0.15) is 37.9 Å². The van der Waals surface area contributed by atoms with Crippen molar-refractivity contribution in [1.29, 1.82) is 0 Å². The zero-order valence-electron chi connectivity index (χ0n) is 86.2. The van der Waals surface area contributed by atoms with Gasteiger partial charge in [-0.1, -0.05) is 147 Å². The SMILES string of the molecule is C.COc1cc(C(C)C)c(O)cc1[N+](=O)[O-].COc1cc(C(C)C)c(OS(=O)(=O)c2ccc(C)cc2)cc1[N+](=O)[O-].COc1ccc(O)c(C(C)(C)O)c1.COc1ccc(O)c(C(C)=O)c1.COc1ccc(O)c(C(C)C)c1.COc1ccc(OS(=O)(=O)c2ccc(C)cc2)c(C(C)C)c1.COc1ccc(OS(=O)(=O)c2ccc(C)cc2)c(C(C)C)c1[N+](=O)[O-].O=[N+]([O-])O.[Br-].[C-]#[N+]COS(=O)(=O)c1ccc(C)cc1.[CH3-].[K+].[Mg+2].[OH-]. The molecule has 0 aromatic heterocycles. The normalized spacial score (nSPS) is 10.4. The average Bonchev–Trinajstić information content (AvgIpc) is 0.786. The summed E-state index contributed by atoms with van der Waals surface area (Å²) in [6.45, 7) is 36.9. The summed E-state index contributed by atoms with van der Waals surface area (Å²) in [5, 5.41) is 94.3. The molecule has 0 bridgehead atoms. The Hall–Kier alpha value is -12.3. The number of aliphatic hydroxyl groups is 1. The summed E-state index contributed by atoms with van der Waals surface area (Å²) in [6.07, 6.45) is 0. The third-order valence-corrected chi connectivity index (χ3v) is 24.7. The summed E-state index contributed by atoms with van der Waals surface area (Å²) in [5.41, 5.74) is 5.60. The molecule has 0 fully saturated rings. The molecule has 0 spiro atoms. The summed E-state index contributed by atoms with van der Waals surface area (Å²) in [7, 11) is -5.58. The summed E-state index contributed by atoms with van der Waals surface area (Å²) in [4.78, 5) is 53.7. The molecule has 0 aliphatic heterocycles. The Morgan fingerprint density at radius 3 is 1.03 bits per heavy atom. The average molecular weight is 2240 g/mol. The second-order valence-corrected chi connectivity index (χ2v) is 38.6. The summed E-state index contributed by atoms with van der Waals surface area (Å²) < 4.78 is 153. The van der Waals surface area contributed by atoms with Gasteiger partial charge in [0.1, 0.15) is 66.4 Å². The summed E-state index contributed by atoms with van der Waals surface area (Å²) in [5.74, 6) is 3.28. The Kier molecular flexibility index (Phi) is 63.6. The minimum Gasteiger partial charge on any atom is -1.00 e. The number of rotatable bonds is 29. The molecule has 40 nitrogen and oxygen atoms in total. The quantitative estimate of drug-likeness (QED) is 0.00633. The molecular formula is C101H127BrKMgN5O35S4. The van der Waals surface area contributed by atoms with Crippen LogP contribution in [0, 0.1) is 82.2 Å². The molecule has 0 saturated heterocycles. The van der Waals surface area contributed by atoms with E-state index in [-0.39, 0.29) is 235 Å². The number of hydrogen-bond donors (Lipinski definition) is 6. The molecule has 11 aromatic rings. The molecule has 0 aliphatic carbocycles. The van der Waals surface area contributed by atoms with E-state index in [2.05, 4.69) is 9.03 Å². The number of carbonyl (C=O) groups is 1. The van der Waals surface area contributed by atoms with E-state index in [0.717, 1.165) is 51.3 Å². The second kappa shape index (κ2) is 66.2. The van der Waals surface area contributed by atoms with Crippen molar-refractivity contribution in [3.8, 4) is 80.5 Å². The van der Waals surface area contributed by atoms with Gasteiger partial charge in [0.25, 0.3) is 5.09 Å². The standard InChI is InChI=1S/2C17H19NO6S.C17H20O4S.C10H13NO4.C10H14O3.C10H14O2.C9H9NO3S.C9H10O3.CH4.CH3.BrH.K.Mg.HNO3.H2O/c1-11(2)14-9-17(23-4)15(18(19)20)10-16(14)24-25(21,22)13-7-5-12(3)6-8-13;1-11(2)16-14(9-10-15(23-4)17(16)18(19)20)24-25(21,22)13-7-5-12(3)6-8-13;1-12(2)16-11-14(20-4)7-10-17(16)21-22(18,19)15-8-5-13(3)6-9-15;1-6(2)7-4-10(15-3)8(11(13)14)5-9(7)12;1-10(2,12)8-6-7(13-3)4-5-9(8)11;1-7(2)9-6-8(12-3)4-5-10(9)11;1-8-3-5-9(6-4-8)14(11,12)13-7-10-2;1-6(10)8-5-7(12-2)3-4-9(8)11;;;;;;2-1(3)4;/h2*5-11H,1-4H3;5-12H,1-4H3;4-6,12H,1-3H3;4-6,11-12H,1-3H3;4-7,11H,1-3H3;3-6H,7H2,1H3;3-5,11H,1-2H3;1H4;1H3;1H;;;(H,2,3,4);1H2/q;;;;;;;;;-1;;+1;+2;;/p-2. The van der Waals surface area contributed by atoms with Gasteiger partial charge in [-0.15, -0.1) is 10.1 Å². The van der Waals surface area contributed by atoms with Crippen LogP contribution in [0.3, 0.4) is 0 Å². The van der Waals surface area contributed by atoms with Crippen LogP contribution in [0.2, 0.25) is 0 Å². The number of ketones is 1. The zero-order valence-corrected chi connectivity index (χ0v) is 95.6. The van der Waals surface area contributed by atoms with E-state index < -0.39 is 72.7 Å². The number of nitro benzene ring substituents is 3. The minimum absolute atomic E-state index is 0. The van der Waals surface area contributed by atoms with Gasteiger partial charge in [0, 0.05) is 27.8 Å². The van der Waals surface area contributed by atoms with Crippen molar-refractivity contribution in [2.75, 3.05) is 56.5 Å². The molecule has 0 heterocycles. The third kappa shape index (κ3) is 45.0. The smallest absolute Gasteiger partial charge is 1.00 e. The number of hydrogen-bond acceptors (Lipinski definition) is 34. The molecule has 11 rings (SSSR count). The summed E-state index contributed by atoms with van der Waals surface area (Å²) >= 11 is 0. The van der Waals surface area contributed by atoms with Gasteiger partial charge in [-0.25, -0.2) is 6.57 Å². The molecule has 148 heavy (non-hydrogen) atoms. The van der Waals surface area contributed by atoms with Crippen molar-refractivity contribution >= 4 is 86.4 Å². The number of carbonyl (C=O) groups excluding carboxylic acids is 1. The van der Waals surface area contributed by atoms with Crippen molar-refractivity contribution in [3.05, 3.63) is 327 Å². The Labute approximate surface area is 934 Å². The van der Waals surface area contributed by atoms with Crippen molar-refractivity contribution in [3.63, 3.8) is 0 Å². The second-order valence-electron chi connectivity index (χ2n) is 32.4. The van der Waals surface area contributed by atoms with E-state index in [4.69, 9.17) is 67.6 Å². The van der Waals surface area contributed by atoms with Crippen LogP contribution in [-0.4, -0.2) is 175 Å². The molecule has 0 radical (unpaired) electrons. The monoisotopic (exact) mass is 2240 g/mol. The molecular weight excluding hydrogens is 2110 g/mol. The first-order valence-electron chi connectivity index (χ1n) is 42.6. The fraction of sp³-hybridized carbons (Fsp3) is 0.317. The van der Waals surface area contributed by atoms with Crippen LogP contribution in [-0.2, 0) is 50.3 Å². The van der Waals surface area contributed by atoms with Crippen LogP contribution < -0.4 is 114 Å². The topological polar surface area (TPSA) is 583 Å². The first-order chi connectivity index (χ1) is 66.2. The number of ether oxygens (including phenoxy) is 7. The Morgan fingerprint density at radius 1 is 0.392 bits per heavy atom. The maximum atomic E-state index is 12.5. The van der Waals surface area contributed by atoms with E-state index >= 15 is 0 Å². The van der Waals surface area contributed by atoms with Crippen LogP contribution in [0.25, 0.3) is 4.85 Å². The van der Waals surface area contributed by atoms with Crippen LogP contribution >= 0.6 is 0 Å². The van der Waals surface area contributed by atoms with Gasteiger partial charge in [-0.3, -0.25) is 40.0 Å². The van der Waals surface area contributed by atoms with E-state index in [1.54, 1.807) is 158 Å². The van der Waals surface area contributed by atoms with E-state index in [1.165, 1.54) is 114 Å². The first-order valence-corrected chi connectivity index (χ1v) is 48.3. The van der Waals surface area contributed by atoms with Crippen LogP contribution in [0.5, 0.6) is 80.5 Å². The number of methoxy groups -OCH3 is 7. The zero-order chi connectivity index (χ0) is 108. The van der Waals surface area contributed by atoms with Gasteiger partial charge < -0.3 is 106 Å². The third-order valence-electron chi connectivity index (χ3n) is 19.6. The van der Waals surface area contributed by atoms with Crippen LogP contribution in [0.15, 0.2) is 226 Å². The van der Waals surface area contributed by atoms with Crippen molar-refractivity contribution < 1.29 is 213 Å². The van der Waals surface area contributed by atoms with Gasteiger partial charge >= 0.3 is 139 Å². The number of phenolic OH excluding ortho intramolecular Hbond substituents is 4. The predicted molar refractivity (Wildman–Crippen MR) is 551 cm³/mol. The Morgan fingerprint density at radius 2 is 0.689 bits per heavy atom. The molecule has 0 unspecified atom stereocenters. The number of halogens is 1. The molecule has 0 saturated carbocycles. The van der Waals surface area contributed by atoms with Crippen molar-refractivity contribution in [2.24, 2.45) is 0 Å². The number of nitrogens with zero attached hydrogens (tertiary/aromatic N) is 5. The van der Waals surface area contributed by atoms with Gasteiger partial charge in [0.15, 0.2) is 34.5 Å². The summed E-state index contributed by atoms with van der Waals surface area (Å²) in [6, 6.07) is 52.7. The minimum atomic E-state index is -4.11. The van der Waals surface area contributed by atoms with Crippen LogP contribution in [0.4, 0.5) is 17.1 Å².